The van der Waals surface area contributed by atoms with Crippen LogP contribution in [0.1, 0.15) is 15.9 Å². The van der Waals surface area contributed by atoms with E-state index in [1.165, 1.54) is 12.1 Å². The molecule has 0 atom stereocenters. The van der Waals surface area contributed by atoms with E-state index in [0.29, 0.717) is 6.07 Å². The van der Waals surface area contributed by atoms with Crippen molar-refractivity contribution in [1.29, 1.82) is 0 Å². The molecule has 0 saturated heterocycles. The fraction of sp³-hybridized carbons (Fsp3) is 0.0588. The minimum Gasteiger partial charge on any atom is -0.506 e. The molecule has 3 rings (SSSR count). The van der Waals surface area contributed by atoms with E-state index in [9.17, 15) is 23.5 Å². The summed E-state index contributed by atoms with van der Waals surface area (Å²) < 4.78 is 31.3. The average molecular weight is 316 g/mol. The van der Waals surface area contributed by atoms with Gasteiger partial charge in [-0.1, -0.05) is 12.1 Å². The number of halogens is 2. The minimum atomic E-state index is -0.997. The first-order valence-electron chi connectivity index (χ1n) is 6.68. The summed E-state index contributed by atoms with van der Waals surface area (Å²) in [7, 11) is 0. The van der Waals surface area contributed by atoms with Crippen LogP contribution < -0.4 is 5.63 Å². The fourth-order valence-corrected chi connectivity index (χ4v) is 2.37. The molecule has 0 aliphatic carbocycles. The molecule has 0 aliphatic rings. The standard InChI is InChI=1S/C17H10F2O4/c18-10-5-9(6-11(19)8-10)7-13(20)15-16(21)12-3-1-2-4-14(12)23-17(15)22/h1-6,8,21H,7H2. The quantitative estimate of drug-likeness (QED) is 0.595. The predicted molar refractivity (Wildman–Crippen MR) is 78.5 cm³/mol. The van der Waals surface area contributed by atoms with Crippen molar-refractivity contribution in [3.8, 4) is 5.75 Å². The van der Waals surface area contributed by atoms with Crippen LogP contribution in [0.15, 0.2) is 51.7 Å². The Morgan fingerprint density at radius 3 is 2.43 bits per heavy atom. The highest BCUT2D eigenvalue weighted by Gasteiger charge is 2.21. The zero-order valence-corrected chi connectivity index (χ0v) is 11.7. The lowest BCUT2D eigenvalue weighted by molar-refractivity contribution is 0.0987. The maximum atomic E-state index is 13.2. The van der Waals surface area contributed by atoms with Gasteiger partial charge in [0.05, 0.1) is 5.39 Å². The van der Waals surface area contributed by atoms with E-state index >= 15 is 0 Å². The second-order valence-electron chi connectivity index (χ2n) is 4.99. The Morgan fingerprint density at radius 1 is 1.09 bits per heavy atom. The minimum absolute atomic E-state index is 0.0551. The number of Topliss-reactive ketones (excluding diaryl/α,β-unsaturated/α-hetero) is 1. The van der Waals surface area contributed by atoms with Gasteiger partial charge in [0.15, 0.2) is 5.78 Å². The maximum Gasteiger partial charge on any atom is 0.351 e. The van der Waals surface area contributed by atoms with Gasteiger partial charge in [-0.25, -0.2) is 13.6 Å². The first-order valence-corrected chi connectivity index (χ1v) is 6.68. The van der Waals surface area contributed by atoms with Crippen molar-refractivity contribution in [2.24, 2.45) is 0 Å². The van der Waals surface area contributed by atoms with Crippen LogP contribution in [0.5, 0.6) is 5.75 Å². The number of hydrogen-bond acceptors (Lipinski definition) is 4. The number of hydrogen-bond donors (Lipinski definition) is 1. The molecular formula is C17H10F2O4. The summed E-state index contributed by atoms with van der Waals surface area (Å²) in [4.78, 5) is 24.2. The Labute approximate surface area is 128 Å². The molecule has 1 aromatic heterocycles. The molecule has 0 amide bonds. The van der Waals surface area contributed by atoms with Crippen LogP contribution in [-0.4, -0.2) is 10.9 Å². The van der Waals surface area contributed by atoms with Crippen molar-refractivity contribution in [3.05, 3.63) is 75.6 Å². The van der Waals surface area contributed by atoms with Crippen LogP contribution in [0, 0.1) is 11.6 Å². The van der Waals surface area contributed by atoms with E-state index in [1.807, 2.05) is 0 Å². The molecule has 0 unspecified atom stereocenters. The Morgan fingerprint density at radius 2 is 1.74 bits per heavy atom. The highest BCUT2D eigenvalue weighted by atomic mass is 19.1. The van der Waals surface area contributed by atoms with E-state index < -0.39 is 40.8 Å². The molecule has 23 heavy (non-hydrogen) atoms. The van der Waals surface area contributed by atoms with Crippen LogP contribution in [0.25, 0.3) is 11.0 Å². The van der Waals surface area contributed by atoms with E-state index in [0.717, 1.165) is 12.1 Å². The lowest BCUT2D eigenvalue weighted by Gasteiger charge is -2.06. The number of carbonyl (C=O) groups excluding carboxylic acids is 1. The summed E-state index contributed by atoms with van der Waals surface area (Å²) in [6, 6.07) is 8.84. The molecule has 0 aliphatic heterocycles. The van der Waals surface area contributed by atoms with Gasteiger partial charge < -0.3 is 9.52 Å². The summed E-state index contributed by atoms with van der Waals surface area (Å²) in [6.45, 7) is 0. The number of fused-ring (bicyclic) bond motifs is 1. The van der Waals surface area contributed by atoms with Gasteiger partial charge in [0.1, 0.15) is 28.5 Å². The Hall–Kier alpha value is -3.02. The van der Waals surface area contributed by atoms with Gasteiger partial charge in [0.2, 0.25) is 0 Å². The molecule has 0 saturated carbocycles. The van der Waals surface area contributed by atoms with Crippen LogP contribution >= 0.6 is 0 Å². The number of ketones is 1. The Kier molecular flexibility index (Phi) is 3.65. The van der Waals surface area contributed by atoms with E-state index in [-0.39, 0.29) is 16.5 Å². The molecular weight excluding hydrogens is 306 g/mol. The second kappa shape index (κ2) is 5.64. The molecule has 0 fully saturated rings. The van der Waals surface area contributed by atoms with Crippen LogP contribution in [0.4, 0.5) is 8.78 Å². The molecule has 2 aromatic carbocycles. The summed E-state index contributed by atoms with van der Waals surface area (Å²) in [5, 5.41) is 10.4. The fourth-order valence-electron chi connectivity index (χ4n) is 2.37. The van der Waals surface area contributed by atoms with Gasteiger partial charge >= 0.3 is 5.63 Å². The average Bonchev–Trinajstić information content (AvgIpc) is 2.46. The SMILES string of the molecule is O=C(Cc1cc(F)cc(F)c1)c1c(O)c2ccccc2oc1=O. The molecule has 1 heterocycles. The monoisotopic (exact) mass is 316 g/mol. The zero-order valence-electron chi connectivity index (χ0n) is 11.7. The summed E-state index contributed by atoms with van der Waals surface area (Å²) in [5.74, 6) is -2.95. The van der Waals surface area contributed by atoms with Crippen LogP contribution in [0.3, 0.4) is 0 Å². The molecule has 1 N–H and O–H groups in total. The van der Waals surface area contributed by atoms with Crippen molar-refractivity contribution in [2.45, 2.75) is 6.42 Å². The van der Waals surface area contributed by atoms with Crippen molar-refractivity contribution >= 4 is 16.8 Å². The number of carbonyl (C=O) groups is 1. The first kappa shape index (κ1) is 14.9. The third kappa shape index (κ3) is 2.83. The van der Waals surface area contributed by atoms with Crippen LogP contribution in [-0.2, 0) is 6.42 Å². The number of benzene rings is 2. The molecule has 3 aromatic rings. The predicted octanol–water partition coefficient (Wildman–Crippen LogP) is 3.20. The molecule has 6 heteroatoms. The second-order valence-corrected chi connectivity index (χ2v) is 4.99. The van der Waals surface area contributed by atoms with Crippen molar-refractivity contribution in [3.63, 3.8) is 0 Å². The molecule has 0 spiro atoms. The molecule has 0 radical (unpaired) electrons. The van der Waals surface area contributed by atoms with Crippen molar-refractivity contribution in [1.82, 2.24) is 0 Å². The summed E-state index contributed by atoms with van der Waals surface area (Å²) >= 11 is 0. The number of para-hydroxylation sites is 1. The number of aromatic hydroxyl groups is 1. The van der Waals surface area contributed by atoms with Gasteiger partial charge in [0, 0.05) is 12.5 Å². The molecule has 0 bridgehead atoms. The number of rotatable bonds is 3. The highest BCUT2D eigenvalue weighted by Crippen LogP contribution is 2.26. The topological polar surface area (TPSA) is 67.5 Å². The lowest BCUT2D eigenvalue weighted by atomic mass is 10.0. The third-order valence-electron chi connectivity index (χ3n) is 3.35. The Balaban J connectivity index is 2.06. The first-order chi connectivity index (χ1) is 11.0. The van der Waals surface area contributed by atoms with Gasteiger partial charge in [-0.05, 0) is 29.8 Å². The summed E-state index contributed by atoms with van der Waals surface area (Å²) in [6.07, 6.45) is -0.439. The van der Waals surface area contributed by atoms with Crippen molar-refractivity contribution < 1.29 is 23.1 Å². The van der Waals surface area contributed by atoms with Gasteiger partial charge in [0.25, 0.3) is 0 Å². The normalized spacial score (nSPS) is 10.9. The van der Waals surface area contributed by atoms with E-state index in [4.69, 9.17) is 4.42 Å². The maximum absolute atomic E-state index is 13.2. The van der Waals surface area contributed by atoms with Gasteiger partial charge in [-0.15, -0.1) is 0 Å². The van der Waals surface area contributed by atoms with Gasteiger partial charge in [-0.3, -0.25) is 4.79 Å². The largest absolute Gasteiger partial charge is 0.506 e. The van der Waals surface area contributed by atoms with E-state index in [1.54, 1.807) is 12.1 Å². The third-order valence-corrected chi connectivity index (χ3v) is 3.35. The highest BCUT2D eigenvalue weighted by molar-refractivity contribution is 6.03. The molecule has 4 nitrogen and oxygen atoms in total. The zero-order chi connectivity index (χ0) is 16.6. The van der Waals surface area contributed by atoms with Crippen LogP contribution in [0.2, 0.25) is 0 Å². The smallest absolute Gasteiger partial charge is 0.351 e. The van der Waals surface area contributed by atoms with Gasteiger partial charge in [-0.2, -0.15) is 0 Å². The lowest BCUT2D eigenvalue weighted by Crippen LogP contribution is -2.16. The molecule has 116 valence electrons. The van der Waals surface area contributed by atoms with Crippen molar-refractivity contribution in [2.75, 3.05) is 0 Å². The van der Waals surface area contributed by atoms with E-state index in [2.05, 4.69) is 0 Å². The summed E-state index contributed by atoms with van der Waals surface area (Å²) in [5.41, 5.74) is -1.33. The Bertz CT molecular complexity index is 956.